The summed E-state index contributed by atoms with van der Waals surface area (Å²) < 4.78 is 31.4. The molecule has 1 aliphatic rings. The monoisotopic (exact) mass is 277 g/mol. The molecule has 0 radical (unpaired) electrons. The van der Waals surface area contributed by atoms with E-state index in [0.29, 0.717) is 5.56 Å². The summed E-state index contributed by atoms with van der Waals surface area (Å²) in [7, 11) is 0. The topological polar surface area (TPSA) is 52.3 Å². The fourth-order valence-electron chi connectivity index (χ4n) is 2.13. The van der Waals surface area contributed by atoms with Crippen LogP contribution in [0.2, 0.25) is 0 Å². The van der Waals surface area contributed by atoms with E-state index in [9.17, 15) is 13.6 Å². The van der Waals surface area contributed by atoms with Gasteiger partial charge in [-0.25, -0.2) is 8.78 Å². The number of esters is 1. The molecular formula is C12H14ClF2NO2. The molecule has 2 rings (SSSR count). The molecule has 0 saturated carbocycles. The van der Waals surface area contributed by atoms with Gasteiger partial charge in [-0.15, -0.1) is 12.4 Å². The van der Waals surface area contributed by atoms with Crippen molar-refractivity contribution in [1.82, 2.24) is 0 Å². The van der Waals surface area contributed by atoms with Crippen molar-refractivity contribution < 1.29 is 18.3 Å². The van der Waals surface area contributed by atoms with Gasteiger partial charge in [0.25, 0.3) is 0 Å². The first-order valence-electron chi connectivity index (χ1n) is 5.40. The first-order chi connectivity index (χ1) is 7.98. The lowest BCUT2D eigenvalue weighted by molar-refractivity contribution is -0.149. The van der Waals surface area contributed by atoms with E-state index in [2.05, 4.69) is 0 Å². The van der Waals surface area contributed by atoms with E-state index in [1.165, 1.54) is 6.07 Å². The van der Waals surface area contributed by atoms with Crippen LogP contribution in [0, 0.1) is 11.6 Å². The molecule has 0 spiro atoms. The van der Waals surface area contributed by atoms with Gasteiger partial charge < -0.3 is 10.5 Å². The molecule has 0 aromatic heterocycles. The molecule has 18 heavy (non-hydrogen) atoms. The lowest BCUT2D eigenvalue weighted by atomic mass is 9.97. The Balaban J connectivity index is 0.00000162. The highest BCUT2D eigenvalue weighted by atomic mass is 35.5. The maximum atomic E-state index is 13.5. The molecule has 0 amide bonds. The number of carbonyl (C=O) groups is 1. The van der Waals surface area contributed by atoms with Gasteiger partial charge in [0.15, 0.2) is 11.6 Å². The fraction of sp³-hybridized carbons (Fsp3) is 0.417. The van der Waals surface area contributed by atoms with Gasteiger partial charge in [-0.1, -0.05) is 6.07 Å². The van der Waals surface area contributed by atoms with E-state index < -0.39 is 23.1 Å². The number of fused-ring (bicyclic) bond motifs is 1. The molecule has 1 aromatic carbocycles. The second-order valence-corrected chi connectivity index (χ2v) is 4.23. The number of hydrogen-bond acceptors (Lipinski definition) is 3. The van der Waals surface area contributed by atoms with E-state index in [0.717, 1.165) is 6.07 Å². The zero-order chi connectivity index (χ0) is 12.6. The lowest BCUT2D eigenvalue weighted by Crippen LogP contribution is -2.50. The molecular weight excluding hydrogens is 264 g/mol. The van der Waals surface area contributed by atoms with Crippen molar-refractivity contribution >= 4 is 18.4 Å². The van der Waals surface area contributed by atoms with E-state index in [1.807, 2.05) is 0 Å². The molecule has 1 aliphatic carbocycles. The largest absolute Gasteiger partial charge is 0.465 e. The smallest absolute Gasteiger partial charge is 0.326 e. The van der Waals surface area contributed by atoms with E-state index in [4.69, 9.17) is 10.5 Å². The molecule has 0 fully saturated rings. The molecule has 1 unspecified atom stereocenters. The van der Waals surface area contributed by atoms with E-state index >= 15 is 0 Å². The molecule has 2 N–H and O–H groups in total. The maximum Gasteiger partial charge on any atom is 0.326 e. The van der Waals surface area contributed by atoms with Gasteiger partial charge in [0.2, 0.25) is 0 Å². The molecule has 3 nitrogen and oxygen atoms in total. The zero-order valence-corrected chi connectivity index (χ0v) is 10.7. The Bertz CT molecular complexity index is 481. The second kappa shape index (κ2) is 5.20. The predicted molar refractivity (Wildman–Crippen MR) is 64.6 cm³/mol. The van der Waals surface area contributed by atoms with Crippen LogP contribution >= 0.6 is 12.4 Å². The van der Waals surface area contributed by atoms with Crippen molar-refractivity contribution in [3.8, 4) is 0 Å². The minimum absolute atomic E-state index is 0. The Morgan fingerprint density at radius 1 is 1.44 bits per heavy atom. The molecule has 0 saturated heterocycles. The van der Waals surface area contributed by atoms with Crippen LogP contribution in [0.5, 0.6) is 0 Å². The predicted octanol–water partition coefficient (Wildman–Crippen LogP) is 1.75. The minimum Gasteiger partial charge on any atom is -0.465 e. The molecule has 1 aromatic rings. The van der Waals surface area contributed by atoms with Gasteiger partial charge in [0, 0.05) is 12.8 Å². The zero-order valence-electron chi connectivity index (χ0n) is 9.83. The van der Waals surface area contributed by atoms with Gasteiger partial charge in [0.1, 0.15) is 5.54 Å². The number of benzene rings is 1. The first kappa shape index (κ1) is 14.9. The quantitative estimate of drug-likeness (QED) is 0.838. The standard InChI is InChI=1S/C12H13F2NO2.ClH/c1-2-17-11(16)12(15)5-7-3-4-9(13)10(14)8(7)6-12;/h3-4H,2,5-6,15H2,1H3;1H. The SMILES string of the molecule is CCOC(=O)C1(N)Cc2ccc(F)c(F)c2C1.Cl. The highest BCUT2D eigenvalue weighted by Gasteiger charge is 2.43. The molecule has 0 heterocycles. The third-order valence-corrected chi connectivity index (χ3v) is 2.97. The van der Waals surface area contributed by atoms with Gasteiger partial charge in [-0.05, 0) is 24.1 Å². The van der Waals surface area contributed by atoms with E-state index in [-0.39, 0.29) is 37.4 Å². The van der Waals surface area contributed by atoms with Gasteiger partial charge in [0.05, 0.1) is 6.61 Å². The Morgan fingerprint density at radius 3 is 2.72 bits per heavy atom. The third-order valence-electron chi connectivity index (χ3n) is 2.97. The normalized spacial score (nSPS) is 21.1. The van der Waals surface area contributed by atoms with Crippen LogP contribution < -0.4 is 5.73 Å². The number of hydrogen-bond donors (Lipinski definition) is 1. The lowest BCUT2D eigenvalue weighted by Gasteiger charge is -2.20. The van der Waals surface area contributed by atoms with Crippen LogP contribution in [-0.4, -0.2) is 18.1 Å². The average molecular weight is 278 g/mol. The minimum atomic E-state index is -1.27. The number of halogens is 3. The Labute approximate surface area is 110 Å². The molecule has 6 heteroatoms. The van der Waals surface area contributed by atoms with Crippen LogP contribution in [0.3, 0.4) is 0 Å². The van der Waals surface area contributed by atoms with E-state index in [1.54, 1.807) is 6.92 Å². The number of nitrogens with two attached hydrogens (primary N) is 1. The first-order valence-corrected chi connectivity index (χ1v) is 5.40. The van der Waals surface area contributed by atoms with Gasteiger partial charge in [-0.3, -0.25) is 4.79 Å². The summed E-state index contributed by atoms with van der Waals surface area (Å²) in [5, 5.41) is 0. The van der Waals surface area contributed by atoms with Crippen LogP contribution in [-0.2, 0) is 22.4 Å². The average Bonchev–Trinajstić information content (AvgIpc) is 2.64. The Morgan fingerprint density at radius 2 is 2.11 bits per heavy atom. The highest BCUT2D eigenvalue weighted by molar-refractivity contribution is 5.85. The summed E-state index contributed by atoms with van der Waals surface area (Å²) in [5.41, 5.74) is 5.37. The summed E-state index contributed by atoms with van der Waals surface area (Å²) in [6, 6.07) is 2.51. The Hall–Kier alpha value is -1.20. The van der Waals surface area contributed by atoms with Crippen LogP contribution in [0.4, 0.5) is 8.78 Å². The molecule has 100 valence electrons. The fourth-order valence-corrected chi connectivity index (χ4v) is 2.13. The summed E-state index contributed by atoms with van der Waals surface area (Å²) in [5.74, 6) is -2.41. The van der Waals surface area contributed by atoms with Crippen molar-refractivity contribution in [2.45, 2.75) is 25.3 Å². The summed E-state index contributed by atoms with van der Waals surface area (Å²) >= 11 is 0. The molecule has 0 bridgehead atoms. The van der Waals surface area contributed by atoms with Crippen molar-refractivity contribution in [1.29, 1.82) is 0 Å². The van der Waals surface area contributed by atoms with Crippen molar-refractivity contribution in [2.24, 2.45) is 5.73 Å². The van der Waals surface area contributed by atoms with Crippen molar-refractivity contribution in [3.63, 3.8) is 0 Å². The van der Waals surface area contributed by atoms with Crippen molar-refractivity contribution in [3.05, 3.63) is 34.9 Å². The number of rotatable bonds is 2. The maximum absolute atomic E-state index is 13.5. The number of carbonyl (C=O) groups excluding carboxylic acids is 1. The van der Waals surface area contributed by atoms with Gasteiger partial charge >= 0.3 is 5.97 Å². The summed E-state index contributed by atoms with van der Waals surface area (Å²) in [6.07, 6.45) is 0.156. The summed E-state index contributed by atoms with van der Waals surface area (Å²) in [4.78, 5) is 11.7. The van der Waals surface area contributed by atoms with Crippen LogP contribution in [0.1, 0.15) is 18.1 Å². The van der Waals surface area contributed by atoms with Crippen LogP contribution in [0.25, 0.3) is 0 Å². The van der Waals surface area contributed by atoms with Crippen LogP contribution in [0.15, 0.2) is 12.1 Å². The molecule has 0 aliphatic heterocycles. The number of ether oxygens (including phenoxy) is 1. The second-order valence-electron chi connectivity index (χ2n) is 4.23. The summed E-state index contributed by atoms with van der Waals surface area (Å²) in [6.45, 7) is 1.88. The van der Waals surface area contributed by atoms with Gasteiger partial charge in [-0.2, -0.15) is 0 Å². The Kier molecular flexibility index (Phi) is 4.29. The third kappa shape index (κ3) is 2.33. The highest BCUT2D eigenvalue weighted by Crippen LogP contribution is 2.32. The van der Waals surface area contributed by atoms with Crippen molar-refractivity contribution in [2.75, 3.05) is 6.61 Å². The molecule has 1 atom stereocenters.